The Balaban J connectivity index is 2.01. The van der Waals surface area contributed by atoms with Crippen molar-refractivity contribution in [2.45, 2.75) is 45.4 Å². The van der Waals surface area contributed by atoms with E-state index in [1.165, 1.54) is 4.88 Å². The molecule has 5 heteroatoms. The van der Waals surface area contributed by atoms with Crippen LogP contribution in [-0.2, 0) is 10.2 Å². The van der Waals surface area contributed by atoms with Gasteiger partial charge in [-0.3, -0.25) is 4.79 Å². The second-order valence-electron chi connectivity index (χ2n) is 6.30. The summed E-state index contributed by atoms with van der Waals surface area (Å²) in [6.45, 7) is 7.04. The number of nitrogens with zero attached hydrogens (tertiary/aromatic N) is 1. The van der Waals surface area contributed by atoms with Gasteiger partial charge in [0.15, 0.2) is 5.13 Å². The first-order valence-electron chi connectivity index (χ1n) is 6.89. The maximum absolute atomic E-state index is 12.2. The van der Waals surface area contributed by atoms with Crippen LogP contribution in [-0.4, -0.2) is 17.4 Å². The van der Waals surface area contributed by atoms with Crippen LogP contribution in [0.15, 0.2) is 6.20 Å². The van der Waals surface area contributed by atoms with Crippen LogP contribution in [0, 0.1) is 11.8 Å². The molecule has 1 heterocycles. The van der Waals surface area contributed by atoms with Gasteiger partial charge >= 0.3 is 0 Å². The molecule has 0 aromatic carbocycles. The Morgan fingerprint density at radius 2 is 2.26 bits per heavy atom. The van der Waals surface area contributed by atoms with Crippen molar-refractivity contribution in [2.24, 2.45) is 17.6 Å². The average molecular weight is 281 g/mol. The van der Waals surface area contributed by atoms with E-state index in [0.717, 1.165) is 19.3 Å². The van der Waals surface area contributed by atoms with Gasteiger partial charge in [-0.25, -0.2) is 4.98 Å². The molecule has 0 spiro atoms. The van der Waals surface area contributed by atoms with Crippen LogP contribution in [0.25, 0.3) is 0 Å². The molecule has 0 unspecified atom stereocenters. The molecule has 0 aliphatic heterocycles. The van der Waals surface area contributed by atoms with E-state index in [1.54, 1.807) is 11.3 Å². The number of nitrogens with one attached hydrogen (secondary N) is 1. The van der Waals surface area contributed by atoms with E-state index in [4.69, 9.17) is 5.73 Å². The fraction of sp³-hybridized carbons (Fsp3) is 0.714. The topological polar surface area (TPSA) is 68.0 Å². The van der Waals surface area contributed by atoms with Gasteiger partial charge in [-0.05, 0) is 30.7 Å². The van der Waals surface area contributed by atoms with Crippen molar-refractivity contribution in [3.63, 3.8) is 0 Å². The Bertz CT molecular complexity index is 450. The van der Waals surface area contributed by atoms with Gasteiger partial charge in [0, 0.05) is 17.0 Å². The van der Waals surface area contributed by atoms with E-state index in [1.807, 2.05) is 6.20 Å². The predicted molar refractivity (Wildman–Crippen MR) is 79.3 cm³/mol. The maximum Gasteiger partial charge on any atom is 0.229 e. The van der Waals surface area contributed by atoms with Crippen LogP contribution in [0.4, 0.5) is 5.13 Å². The van der Waals surface area contributed by atoms with E-state index in [0.29, 0.717) is 17.6 Å². The number of hydrogen-bond donors (Lipinski definition) is 2. The second kappa shape index (κ2) is 5.59. The lowest BCUT2D eigenvalue weighted by atomic mass is 9.95. The highest BCUT2D eigenvalue weighted by Gasteiger charge is 2.32. The average Bonchev–Trinajstić information content (AvgIpc) is 2.95. The lowest BCUT2D eigenvalue weighted by Gasteiger charge is -2.16. The minimum atomic E-state index is 0.0620. The third kappa shape index (κ3) is 3.34. The molecule has 1 saturated carbocycles. The van der Waals surface area contributed by atoms with Crippen LogP contribution in [0.5, 0.6) is 0 Å². The molecule has 1 fully saturated rings. The zero-order valence-corrected chi connectivity index (χ0v) is 12.7. The number of hydrogen-bond acceptors (Lipinski definition) is 4. The molecule has 0 bridgehead atoms. The van der Waals surface area contributed by atoms with Crippen LogP contribution in [0.1, 0.15) is 44.9 Å². The van der Waals surface area contributed by atoms with Gasteiger partial charge < -0.3 is 11.1 Å². The van der Waals surface area contributed by atoms with Crippen molar-refractivity contribution in [1.82, 2.24) is 4.98 Å². The molecular weight excluding hydrogens is 258 g/mol. The first kappa shape index (κ1) is 14.5. The number of carbonyl (C=O) groups excluding carboxylic acids is 1. The van der Waals surface area contributed by atoms with Crippen LogP contribution < -0.4 is 11.1 Å². The van der Waals surface area contributed by atoms with Gasteiger partial charge in [0.25, 0.3) is 0 Å². The van der Waals surface area contributed by atoms with Crippen LogP contribution in [0.3, 0.4) is 0 Å². The van der Waals surface area contributed by atoms with E-state index >= 15 is 0 Å². The van der Waals surface area contributed by atoms with E-state index in [2.05, 4.69) is 31.1 Å². The lowest BCUT2D eigenvalue weighted by Crippen LogP contribution is -2.29. The summed E-state index contributed by atoms with van der Waals surface area (Å²) in [6, 6.07) is 0. The van der Waals surface area contributed by atoms with Gasteiger partial charge in [0.2, 0.25) is 5.91 Å². The fourth-order valence-electron chi connectivity index (χ4n) is 2.54. The van der Waals surface area contributed by atoms with Gasteiger partial charge in [-0.15, -0.1) is 11.3 Å². The third-order valence-electron chi connectivity index (χ3n) is 3.77. The second-order valence-corrected chi connectivity index (χ2v) is 7.33. The van der Waals surface area contributed by atoms with Crippen molar-refractivity contribution in [3.8, 4) is 0 Å². The summed E-state index contributed by atoms with van der Waals surface area (Å²) < 4.78 is 0. The SMILES string of the molecule is CC(C)(C)c1cnc(NC(=O)[C@@H]2CCC[C@@H]2CN)s1. The van der Waals surface area contributed by atoms with Crippen molar-refractivity contribution in [3.05, 3.63) is 11.1 Å². The highest BCUT2D eigenvalue weighted by atomic mass is 32.1. The standard InChI is InChI=1S/C14H23N3OS/c1-14(2,3)11-8-16-13(19-11)17-12(18)10-6-4-5-9(10)7-15/h8-10H,4-7,15H2,1-3H3,(H,16,17,18)/t9-,10-/m1/s1. The molecule has 1 aromatic heterocycles. The molecule has 19 heavy (non-hydrogen) atoms. The largest absolute Gasteiger partial charge is 0.330 e. The van der Waals surface area contributed by atoms with Gasteiger partial charge in [0.05, 0.1) is 0 Å². The summed E-state index contributed by atoms with van der Waals surface area (Å²) in [5.74, 6) is 0.483. The van der Waals surface area contributed by atoms with E-state index in [9.17, 15) is 4.79 Å². The smallest absolute Gasteiger partial charge is 0.229 e. The Morgan fingerprint density at radius 3 is 2.84 bits per heavy atom. The molecule has 0 radical (unpaired) electrons. The Hall–Kier alpha value is -0.940. The summed E-state index contributed by atoms with van der Waals surface area (Å²) >= 11 is 1.56. The highest BCUT2D eigenvalue weighted by Crippen LogP contribution is 2.34. The molecular formula is C14H23N3OS. The number of aromatic nitrogens is 1. The molecule has 1 amide bonds. The van der Waals surface area contributed by atoms with Gasteiger partial charge in [0.1, 0.15) is 0 Å². The number of thiazole rings is 1. The van der Waals surface area contributed by atoms with Crippen LogP contribution >= 0.6 is 11.3 Å². The van der Waals surface area contributed by atoms with Crippen molar-refractivity contribution < 1.29 is 4.79 Å². The summed E-state index contributed by atoms with van der Waals surface area (Å²) in [5, 5.41) is 3.66. The first-order chi connectivity index (χ1) is 8.91. The Labute approximate surface area is 118 Å². The van der Waals surface area contributed by atoms with Crippen molar-refractivity contribution in [2.75, 3.05) is 11.9 Å². The molecule has 3 N–H and O–H groups in total. The lowest BCUT2D eigenvalue weighted by molar-refractivity contribution is -0.120. The fourth-order valence-corrected chi connectivity index (χ4v) is 3.42. The molecule has 2 rings (SSSR count). The Morgan fingerprint density at radius 1 is 1.53 bits per heavy atom. The predicted octanol–water partition coefficient (Wildman–Crippen LogP) is 2.75. The number of anilines is 1. The van der Waals surface area contributed by atoms with Crippen LogP contribution in [0.2, 0.25) is 0 Å². The molecule has 2 atom stereocenters. The first-order valence-corrected chi connectivity index (χ1v) is 7.70. The van der Waals surface area contributed by atoms with Gasteiger partial charge in [-0.2, -0.15) is 0 Å². The Kier molecular flexibility index (Phi) is 4.26. The third-order valence-corrected chi connectivity index (χ3v) is 5.11. The maximum atomic E-state index is 12.2. The molecule has 1 aromatic rings. The normalized spacial score (nSPS) is 23.6. The number of amides is 1. The van der Waals surface area contributed by atoms with E-state index in [-0.39, 0.29) is 17.2 Å². The van der Waals surface area contributed by atoms with E-state index < -0.39 is 0 Å². The molecule has 1 aliphatic rings. The number of rotatable bonds is 3. The number of nitrogens with two attached hydrogens (primary N) is 1. The molecule has 1 aliphatic carbocycles. The summed E-state index contributed by atoms with van der Waals surface area (Å²) in [6.07, 6.45) is 4.98. The molecule has 106 valence electrons. The van der Waals surface area contributed by atoms with Gasteiger partial charge in [-0.1, -0.05) is 27.2 Å². The molecule has 0 saturated heterocycles. The zero-order chi connectivity index (χ0) is 14.0. The highest BCUT2D eigenvalue weighted by molar-refractivity contribution is 7.15. The summed E-state index contributed by atoms with van der Waals surface area (Å²) in [7, 11) is 0. The minimum Gasteiger partial charge on any atom is -0.330 e. The minimum absolute atomic E-state index is 0.0620. The van der Waals surface area contributed by atoms with Crippen molar-refractivity contribution in [1.29, 1.82) is 0 Å². The summed E-state index contributed by atoms with van der Waals surface area (Å²) in [4.78, 5) is 17.7. The molecule has 4 nitrogen and oxygen atoms in total. The number of carbonyl (C=O) groups is 1. The zero-order valence-electron chi connectivity index (χ0n) is 11.9. The quantitative estimate of drug-likeness (QED) is 0.895. The summed E-state index contributed by atoms with van der Waals surface area (Å²) in [5.41, 5.74) is 5.80. The monoisotopic (exact) mass is 281 g/mol. The van der Waals surface area contributed by atoms with Crippen molar-refractivity contribution >= 4 is 22.4 Å².